The second-order valence-electron chi connectivity index (χ2n) is 7.25. The quantitative estimate of drug-likeness (QED) is 0.844. The molecule has 4 heteroatoms. The number of amides is 1. The fourth-order valence-corrected chi connectivity index (χ4v) is 4.13. The predicted molar refractivity (Wildman–Crippen MR) is 104 cm³/mol. The van der Waals surface area contributed by atoms with E-state index in [1.807, 2.05) is 24.3 Å². The number of benzene rings is 2. The Kier molecular flexibility index (Phi) is 4.19. The zero-order valence-electron chi connectivity index (χ0n) is 15.4. The molecule has 0 bridgehead atoms. The van der Waals surface area contributed by atoms with Crippen LogP contribution in [-0.4, -0.2) is 32.0 Å². The highest BCUT2D eigenvalue weighted by atomic mass is 16.5. The SMILES string of the molecule is COc1ccc(C2Nc3ccc(C(=O)N(C)C)cc3C3C=CCC32)cc1. The number of carbonyl (C=O) groups excluding carboxylic acids is 1. The molecular formula is C22H24N2O2. The Hall–Kier alpha value is -2.75. The number of allylic oxidation sites excluding steroid dienone is 2. The zero-order chi connectivity index (χ0) is 18.3. The Morgan fingerprint density at radius 1 is 1.15 bits per heavy atom. The van der Waals surface area contributed by atoms with Crippen LogP contribution in [0.4, 0.5) is 5.69 Å². The minimum Gasteiger partial charge on any atom is -0.497 e. The van der Waals surface area contributed by atoms with Crippen molar-refractivity contribution in [3.05, 3.63) is 71.3 Å². The standard InChI is InChI=1S/C22H24N2O2/c1-24(2)22(25)15-9-12-20-19(13-15)17-5-4-6-18(17)21(23-20)14-7-10-16(26-3)11-8-14/h4-5,7-13,17-18,21,23H,6H2,1-3H3. The van der Waals surface area contributed by atoms with Gasteiger partial charge in [-0.05, 0) is 53.8 Å². The second kappa shape index (κ2) is 6.52. The van der Waals surface area contributed by atoms with Crippen LogP contribution < -0.4 is 10.1 Å². The molecule has 2 aromatic rings. The molecular weight excluding hydrogens is 324 g/mol. The molecule has 0 aromatic heterocycles. The number of fused-ring (bicyclic) bond motifs is 3. The maximum atomic E-state index is 12.3. The van der Waals surface area contributed by atoms with E-state index >= 15 is 0 Å². The molecule has 0 saturated carbocycles. The Balaban J connectivity index is 1.70. The van der Waals surface area contributed by atoms with Crippen molar-refractivity contribution in [1.29, 1.82) is 0 Å². The lowest BCUT2D eigenvalue weighted by Gasteiger charge is -2.37. The Labute approximate surface area is 154 Å². The third kappa shape index (κ3) is 2.75. The summed E-state index contributed by atoms with van der Waals surface area (Å²) in [5.74, 6) is 1.72. The highest BCUT2D eigenvalue weighted by molar-refractivity contribution is 5.94. The molecule has 2 aliphatic rings. The number of ether oxygens (including phenoxy) is 1. The van der Waals surface area contributed by atoms with Gasteiger partial charge in [0.15, 0.2) is 0 Å². The monoisotopic (exact) mass is 348 g/mol. The summed E-state index contributed by atoms with van der Waals surface area (Å²) in [6, 6.07) is 14.6. The van der Waals surface area contributed by atoms with Gasteiger partial charge in [-0.2, -0.15) is 0 Å². The fraction of sp³-hybridized carbons (Fsp3) is 0.318. The third-order valence-electron chi connectivity index (χ3n) is 5.49. The summed E-state index contributed by atoms with van der Waals surface area (Å²) in [7, 11) is 5.27. The molecule has 0 fully saturated rings. The van der Waals surface area contributed by atoms with Gasteiger partial charge in [-0.15, -0.1) is 0 Å². The van der Waals surface area contributed by atoms with Crippen LogP contribution in [0.3, 0.4) is 0 Å². The molecule has 1 aliphatic carbocycles. The highest BCUT2D eigenvalue weighted by Crippen LogP contribution is 2.50. The third-order valence-corrected chi connectivity index (χ3v) is 5.49. The second-order valence-corrected chi connectivity index (χ2v) is 7.25. The maximum absolute atomic E-state index is 12.3. The number of methoxy groups -OCH3 is 1. The maximum Gasteiger partial charge on any atom is 0.253 e. The van der Waals surface area contributed by atoms with E-state index in [2.05, 4.69) is 35.7 Å². The van der Waals surface area contributed by atoms with Crippen molar-refractivity contribution in [2.75, 3.05) is 26.5 Å². The molecule has 4 rings (SSSR count). The summed E-state index contributed by atoms with van der Waals surface area (Å²) in [4.78, 5) is 14.0. The van der Waals surface area contributed by atoms with Crippen molar-refractivity contribution in [2.24, 2.45) is 5.92 Å². The summed E-state index contributed by atoms with van der Waals surface area (Å²) in [5, 5.41) is 3.71. The van der Waals surface area contributed by atoms with Crippen molar-refractivity contribution in [1.82, 2.24) is 4.90 Å². The number of nitrogens with one attached hydrogen (secondary N) is 1. The summed E-state index contributed by atoms with van der Waals surface area (Å²) < 4.78 is 5.29. The minimum absolute atomic E-state index is 0.0450. The number of carbonyl (C=O) groups is 1. The van der Waals surface area contributed by atoms with Crippen LogP contribution in [0.5, 0.6) is 5.75 Å². The number of anilines is 1. The van der Waals surface area contributed by atoms with Gasteiger partial charge >= 0.3 is 0 Å². The molecule has 2 aromatic carbocycles. The molecule has 3 unspecified atom stereocenters. The van der Waals surface area contributed by atoms with E-state index in [4.69, 9.17) is 4.74 Å². The van der Waals surface area contributed by atoms with Crippen LogP contribution in [0.25, 0.3) is 0 Å². The van der Waals surface area contributed by atoms with Gasteiger partial charge in [-0.25, -0.2) is 0 Å². The van der Waals surface area contributed by atoms with Crippen molar-refractivity contribution in [3.8, 4) is 5.75 Å². The molecule has 4 nitrogen and oxygen atoms in total. The molecule has 1 aliphatic heterocycles. The van der Waals surface area contributed by atoms with E-state index in [0.717, 1.165) is 23.4 Å². The van der Waals surface area contributed by atoms with E-state index in [-0.39, 0.29) is 11.9 Å². The number of nitrogens with zero attached hydrogens (tertiary/aromatic N) is 1. The van der Waals surface area contributed by atoms with Crippen molar-refractivity contribution < 1.29 is 9.53 Å². The molecule has 0 radical (unpaired) electrons. The first-order chi connectivity index (χ1) is 12.6. The normalized spacial score (nSPS) is 23.0. The van der Waals surface area contributed by atoms with Crippen LogP contribution in [0.15, 0.2) is 54.6 Å². The number of hydrogen-bond acceptors (Lipinski definition) is 3. The first-order valence-corrected chi connectivity index (χ1v) is 9.01. The van der Waals surface area contributed by atoms with Gasteiger partial charge < -0.3 is 15.0 Å². The molecule has 1 heterocycles. The lowest BCUT2D eigenvalue weighted by molar-refractivity contribution is 0.0827. The number of hydrogen-bond donors (Lipinski definition) is 1. The van der Waals surface area contributed by atoms with Gasteiger partial charge in [0.25, 0.3) is 5.91 Å². The van der Waals surface area contributed by atoms with E-state index in [9.17, 15) is 4.79 Å². The van der Waals surface area contributed by atoms with Gasteiger partial charge in [0.1, 0.15) is 5.75 Å². The first kappa shape index (κ1) is 16.7. The Morgan fingerprint density at radius 3 is 2.62 bits per heavy atom. The first-order valence-electron chi connectivity index (χ1n) is 9.01. The topological polar surface area (TPSA) is 41.6 Å². The average Bonchev–Trinajstić information content (AvgIpc) is 3.16. The highest BCUT2D eigenvalue weighted by Gasteiger charge is 2.38. The van der Waals surface area contributed by atoms with Crippen LogP contribution in [0.2, 0.25) is 0 Å². The van der Waals surface area contributed by atoms with Gasteiger partial charge in [-0.3, -0.25) is 4.79 Å². The van der Waals surface area contributed by atoms with Crippen LogP contribution in [-0.2, 0) is 0 Å². The van der Waals surface area contributed by atoms with Crippen LogP contribution in [0, 0.1) is 5.92 Å². The molecule has 1 N–H and O–H groups in total. The largest absolute Gasteiger partial charge is 0.497 e. The van der Waals surface area contributed by atoms with Gasteiger partial charge in [-0.1, -0.05) is 24.3 Å². The van der Waals surface area contributed by atoms with Crippen LogP contribution in [0.1, 0.15) is 39.9 Å². The summed E-state index contributed by atoms with van der Waals surface area (Å²) in [6.07, 6.45) is 5.60. The zero-order valence-corrected chi connectivity index (χ0v) is 15.4. The fourth-order valence-electron chi connectivity index (χ4n) is 4.13. The summed E-state index contributed by atoms with van der Waals surface area (Å²) >= 11 is 0. The minimum atomic E-state index is 0.0450. The molecule has 3 atom stereocenters. The van der Waals surface area contributed by atoms with Gasteiger partial charge in [0.05, 0.1) is 13.2 Å². The Bertz CT molecular complexity index is 855. The summed E-state index contributed by atoms with van der Waals surface area (Å²) in [5.41, 5.74) is 4.36. The smallest absolute Gasteiger partial charge is 0.253 e. The summed E-state index contributed by atoms with van der Waals surface area (Å²) in [6.45, 7) is 0. The average molecular weight is 348 g/mol. The molecule has 134 valence electrons. The van der Waals surface area contributed by atoms with Crippen molar-refractivity contribution in [2.45, 2.75) is 18.4 Å². The van der Waals surface area contributed by atoms with E-state index in [1.165, 1.54) is 11.1 Å². The van der Waals surface area contributed by atoms with Crippen molar-refractivity contribution >= 4 is 11.6 Å². The van der Waals surface area contributed by atoms with Crippen LogP contribution >= 0.6 is 0 Å². The number of rotatable bonds is 3. The lowest BCUT2D eigenvalue weighted by atomic mass is 9.76. The lowest BCUT2D eigenvalue weighted by Crippen LogP contribution is -2.29. The predicted octanol–water partition coefficient (Wildman–Crippen LogP) is 4.22. The van der Waals surface area contributed by atoms with Gasteiger partial charge in [0.2, 0.25) is 0 Å². The molecule has 0 saturated heterocycles. The molecule has 0 spiro atoms. The van der Waals surface area contributed by atoms with Crippen molar-refractivity contribution in [3.63, 3.8) is 0 Å². The van der Waals surface area contributed by atoms with Gasteiger partial charge in [0, 0.05) is 31.3 Å². The van der Waals surface area contributed by atoms with E-state index in [1.54, 1.807) is 26.1 Å². The Morgan fingerprint density at radius 2 is 1.92 bits per heavy atom. The molecule has 26 heavy (non-hydrogen) atoms. The van der Waals surface area contributed by atoms with E-state index < -0.39 is 0 Å². The molecule has 1 amide bonds. The van der Waals surface area contributed by atoms with E-state index in [0.29, 0.717) is 11.8 Å².